The molecule has 0 amide bonds. The number of hydrogen-bond acceptors (Lipinski definition) is 3. The smallest absolute Gasteiger partial charge is 0.266 e. The number of hydrogen-bond donors (Lipinski definition) is 0. The van der Waals surface area contributed by atoms with Crippen molar-refractivity contribution in [2.75, 3.05) is 17.1 Å². The SMILES string of the molecule is CS(=O)c1ccc2c(c1)CCN2S(=O)(=O)c1cccc(C(F)(F)F)c1. The van der Waals surface area contributed by atoms with Gasteiger partial charge in [0.15, 0.2) is 0 Å². The molecule has 4 nitrogen and oxygen atoms in total. The van der Waals surface area contributed by atoms with Crippen LogP contribution in [0.25, 0.3) is 0 Å². The number of halogens is 3. The fourth-order valence-corrected chi connectivity index (χ4v) is 4.85. The van der Waals surface area contributed by atoms with E-state index < -0.39 is 37.5 Å². The van der Waals surface area contributed by atoms with Crippen LogP contribution in [-0.4, -0.2) is 25.4 Å². The third kappa shape index (κ3) is 3.30. The topological polar surface area (TPSA) is 54.5 Å². The van der Waals surface area contributed by atoms with Crippen LogP contribution in [0.5, 0.6) is 0 Å². The second-order valence-electron chi connectivity index (χ2n) is 5.60. The zero-order valence-corrected chi connectivity index (χ0v) is 14.7. The average Bonchev–Trinajstić information content (AvgIpc) is 2.98. The number of fused-ring (bicyclic) bond motifs is 1. The van der Waals surface area contributed by atoms with E-state index in [9.17, 15) is 25.8 Å². The Morgan fingerprint density at radius 2 is 1.84 bits per heavy atom. The Morgan fingerprint density at radius 1 is 1.12 bits per heavy atom. The fraction of sp³-hybridized carbons (Fsp3) is 0.250. The highest BCUT2D eigenvalue weighted by molar-refractivity contribution is 7.92. The van der Waals surface area contributed by atoms with Crippen molar-refractivity contribution in [3.05, 3.63) is 53.6 Å². The van der Waals surface area contributed by atoms with Gasteiger partial charge in [-0.15, -0.1) is 0 Å². The number of rotatable bonds is 3. The Balaban J connectivity index is 2.03. The summed E-state index contributed by atoms with van der Waals surface area (Å²) in [5.74, 6) is 0. The van der Waals surface area contributed by atoms with Gasteiger partial charge in [-0.1, -0.05) is 6.07 Å². The van der Waals surface area contributed by atoms with Crippen molar-refractivity contribution >= 4 is 26.5 Å². The van der Waals surface area contributed by atoms with E-state index in [0.717, 1.165) is 22.5 Å². The number of anilines is 1. The summed E-state index contributed by atoms with van der Waals surface area (Å²) < 4.78 is 76.8. The quantitative estimate of drug-likeness (QED) is 0.810. The van der Waals surface area contributed by atoms with Crippen LogP contribution in [-0.2, 0) is 33.4 Å². The van der Waals surface area contributed by atoms with Crippen molar-refractivity contribution in [3.8, 4) is 0 Å². The summed E-state index contributed by atoms with van der Waals surface area (Å²) in [4.78, 5) is 0.176. The van der Waals surface area contributed by atoms with Crippen molar-refractivity contribution in [2.24, 2.45) is 0 Å². The van der Waals surface area contributed by atoms with Crippen LogP contribution in [0.3, 0.4) is 0 Å². The van der Waals surface area contributed by atoms with Crippen LogP contribution in [0.15, 0.2) is 52.3 Å². The van der Waals surface area contributed by atoms with Gasteiger partial charge in [-0.2, -0.15) is 13.2 Å². The lowest BCUT2D eigenvalue weighted by atomic mass is 10.2. The molecule has 2 aromatic rings. The molecule has 0 aliphatic carbocycles. The van der Waals surface area contributed by atoms with Gasteiger partial charge in [-0.25, -0.2) is 8.42 Å². The van der Waals surface area contributed by atoms with E-state index in [0.29, 0.717) is 28.6 Å². The molecular formula is C16H14F3NO3S2. The Kier molecular flexibility index (Phi) is 4.40. The molecule has 0 aromatic heterocycles. The molecule has 0 saturated carbocycles. The highest BCUT2D eigenvalue weighted by Crippen LogP contribution is 2.36. The van der Waals surface area contributed by atoms with E-state index in [1.807, 2.05) is 0 Å². The van der Waals surface area contributed by atoms with Crippen molar-refractivity contribution in [1.82, 2.24) is 0 Å². The highest BCUT2D eigenvalue weighted by Gasteiger charge is 2.35. The van der Waals surface area contributed by atoms with Crippen LogP contribution in [0, 0.1) is 0 Å². The van der Waals surface area contributed by atoms with Crippen LogP contribution in [0.4, 0.5) is 18.9 Å². The summed E-state index contributed by atoms with van der Waals surface area (Å²) in [7, 11) is -5.31. The molecule has 1 unspecified atom stereocenters. The molecule has 0 N–H and O–H groups in total. The summed E-state index contributed by atoms with van der Waals surface area (Å²) in [5.41, 5.74) is 0.111. The minimum absolute atomic E-state index is 0.133. The van der Waals surface area contributed by atoms with Crippen molar-refractivity contribution in [2.45, 2.75) is 22.4 Å². The molecule has 0 fully saturated rings. The van der Waals surface area contributed by atoms with Crippen molar-refractivity contribution in [3.63, 3.8) is 0 Å². The monoisotopic (exact) mass is 389 g/mol. The molecule has 1 atom stereocenters. The number of alkyl halides is 3. The van der Waals surface area contributed by atoms with Crippen molar-refractivity contribution in [1.29, 1.82) is 0 Å². The second kappa shape index (κ2) is 6.14. The van der Waals surface area contributed by atoms with E-state index in [1.54, 1.807) is 18.2 Å². The summed E-state index contributed by atoms with van der Waals surface area (Å²) in [5, 5.41) is 0. The highest BCUT2D eigenvalue weighted by atomic mass is 32.2. The molecule has 1 aliphatic rings. The third-order valence-electron chi connectivity index (χ3n) is 3.99. The molecule has 9 heteroatoms. The van der Waals surface area contributed by atoms with E-state index in [1.165, 1.54) is 6.26 Å². The molecule has 0 bridgehead atoms. The van der Waals surface area contributed by atoms with Gasteiger partial charge >= 0.3 is 6.18 Å². The lowest BCUT2D eigenvalue weighted by Gasteiger charge is -2.20. The molecule has 0 radical (unpaired) electrons. The molecule has 2 aromatic carbocycles. The number of nitrogens with zero attached hydrogens (tertiary/aromatic N) is 1. The molecule has 134 valence electrons. The normalized spacial score (nSPS) is 15.9. The van der Waals surface area contributed by atoms with Gasteiger partial charge in [-0.05, 0) is 48.4 Å². The molecule has 25 heavy (non-hydrogen) atoms. The van der Waals surface area contributed by atoms with Gasteiger partial charge in [0, 0.05) is 28.5 Å². The Labute approximate surface area is 145 Å². The van der Waals surface area contributed by atoms with E-state index >= 15 is 0 Å². The minimum Gasteiger partial charge on any atom is -0.266 e. The van der Waals surface area contributed by atoms with E-state index in [2.05, 4.69) is 0 Å². The first-order chi connectivity index (χ1) is 11.6. The lowest BCUT2D eigenvalue weighted by molar-refractivity contribution is -0.137. The lowest BCUT2D eigenvalue weighted by Crippen LogP contribution is -2.29. The summed E-state index contributed by atoms with van der Waals surface area (Å²) in [6.07, 6.45) is -2.68. The van der Waals surface area contributed by atoms with E-state index in [4.69, 9.17) is 0 Å². The summed E-state index contributed by atoms with van der Waals surface area (Å²) in [6, 6.07) is 8.49. The first-order valence-electron chi connectivity index (χ1n) is 7.27. The number of sulfonamides is 1. The molecule has 3 rings (SSSR count). The first-order valence-corrected chi connectivity index (χ1v) is 10.3. The minimum atomic E-state index is -4.62. The van der Waals surface area contributed by atoms with Gasteiger partial charge in [-0.3, -0.25) is 8.51 Å². The van der Waals surface area contributed by atoms with E-state index in [-0.39, 0.29) is 6.54 Å². The molecule has 0 spiro atoms. The van der Waals surface area contributed by atoms with Crippen LogP contribution in [0.1, 0.15) is 11.1 Å². The Bertz CT molecular complexity index is 955. The van der Waals surface area contributed by atoms with Gasteiger partial charge < -0.3 is 0 Å². The van der Waals surface area contributed by atoms with Gasteiger partial charge in [0.2, 0.25) is 0 Å². The maximum Gasteiger partial charge on any atom is 0.416 e. The maximum atomic E-state index is 12.9. The largest absolute Gasteiger partial charge is 0.416 e. The Morgan fingerprint density at radius 3 is 2.48 bits per heavy atom. The molecular weight excluding hydrogens is 375 g/mol. The fourth-order valence-electron chi connectivity index (χ4n) is 2.74. The third-order valence-corrected chi connectivity index (χ3v) is 6.71. The standard InChI is InChI=1S/C16H14F3NO3S2/c1-24(21)13-5-6-15-11(9-13)7-8-20(15)25(22,23)14-4-2-3-12(10-14)16(17,18)19/h2-6,9-10H,7-8H2,1H3. The van der Waals surface area contributed by atoms with Gasteiger partial charge in [0.05, 0.1) is 16.1 Å². The summed E-state index contributed by atoms with van der Waals surface area (Å²) >= 11 is 0. The van der Waals surface area contributed by atoms with Gasteiger partial charge in [0.25, 0.3) is 10.0 Å². The van der Waals surface area contributed by atoms with Crippen LogP contribution in [0.2, 0.25) is 0 Å². The molecule has 0 saturated heterocycles. The van der Waals surface area contributed by atoms with Crippen molar-refractivity contribution < 1.29 is 25.8 Å². The number of benzene rings is 2. The van der Waals surface area contributed by atoms with Crippen LogP contribution >= 0.6 is 0 Å². The summed E-state index contributed by atoms with van der Waals surface area (Å²) in [6.45, 7) is 0.133. The average molecular weight is 389 g/mol. The molecule has 1 aliphatic heterocycles. The zero-order valence-electron chi connectivity index (χ0n) is 13.1. The Hall–Kier alpha value is -1.87. The second-order valence-corrected chi connectivity index (χ2v) is 8.84. The predicted octanol–water partition coefficient (Wildman–Crippen LogP) is 3.19. The molecule has 1 heterocycles. The van der Waals surface area contributed by atoms with Gasteiger partial charge in [0.1, 0.15) is 0 Å². The predicted molar refractivity (Wildman–Crippen MR) is 88.5 cm³/mol. The zero-order chi connectivity index (χ0) is 18.4. The maximum absolute atomic E-state index is 12.9. The first kappa shape index (κ1) is 17.9. The van der Waals surface area contributed by atoms with Crippen LogP contribution < -0.4 is 4.31 Å².